The molecule has 0 spiro atoms. The number of piperidine rings is 1. The van der Waals surface area contributed by atoms with Gasteiger partial charge in [0.15, 0.2) is 11.5 Å². The smallest absolute Gasteiger partial charge is 0.387 e. The fourth-order valence-electron chi connectivity index (χ4n) is 2.55. The van der Waals surface area contributed by atoms with Crippen LogP contribution in [0.3, 0.4) is 0 Å². The second-order valence-electron chi connectivity index (χ2n) is 5.10. The third-order valence-corrected chi connectivity index (χ3v) is 3.82. The number of alkyl halides is 2. The zero-order chi connectivity index (χ0) is 16.1. The molecule has 122 valence electrons. The Kier molecular flexibility index (Phi) is 5.54. The van der Waals surface area contributed by atoms with Gasteiger partial charge in [-0.15, -0.1) is 0 Å². The van der Waals surface area contributed by atoms with E-state index in [4.69, 9.17) is 4.74 Å². The van der Waals surface area contributed by atoms with Crippen molar-refractivity contribution in [1.29, 1.82) is 0 Å². The molecule has 22 heavy (non-hydrogen) atoms. The number of likely N-dealkylation sites (tertiary alicyclic amines) is 1. The van der Waals surface area contributed by atoms with Crippen LogP contribution in [0.2, 0.25) is 0 Å². The lowest BCUT2D eigenvalue weighted by Gasteiger charge is -2.32. The summed E-state index contributed by atoms with van der Waals surface area (Å²) < 4.78 is 34.0. The fourth-order valence-corrected chi connectivity index (χ4v) is 2.55. The summed E-state index contributed by atoms with van der Waals surface area (Å²) in [7, 11) is 3.26. The number of nitrogens with one attached hydrogen (secondary N) is 1. The first kappa shape index (κ1) is 16.5. The first-order chi connectivity index (χ1) is 10.5. The highest BCUT2D eigenvalue weighted by Crippen LogP contribution is 2.30. The Morgan fingerprint density at radius 3 is 2.55 bits per heavy atom. The average molecular weight is 314 g/mol. The first-order valence-electron chi connectivity index (χ1n) is 7.14. The molecule has 1 heterocycles. The molecule has 1 N–H and O–H groups in total. The van der Waals surface area contributed by atoms with Gasteiger partial charge in [0.1, 0.15) is 0 Å². The molecule has 0 atom stereocenters. The summed E-state index contributed by atoms with van der Waals surface area (Å²) in [4.78, 5) is 14.2. The van der Waals surface area contributed by atoms with Gasteiger partial charge in [-0.05, 0) is 38.1 Å². The molecule has 1 saturated heterocycles. The Morgan fingerprint density at radius 1 is 1.32 bits per heavy atom. The maximum atomic E-state index is 12.5. The van der Waals surface area contributed by atoms with E-state index in [-0.39, 0.29) is 17.4 Å². The standard InChI is InChI=1S/C15H20F2N2O3/c1-18-11-5-7-19(8-6-11)14(20)10-3-4-12(22-15(16)17)13(9-10)21-2/h3-4,9,11,15,18H,5-8H2,1-2H3. The average Bonchev–Trinajstić information content (AvgIpc) is 2.54. The zero-order valence-corrected chi connectivity index (χ0v) is 12.6. The lowest BCUT2D eigenvalue weighted by molar-refractivity contribution is -0.0512. The van der Waals surface area contributed by atoms with Crippen molar-refractivity contribution in [2.24, 2.45) is 0 Å². The monoisotopic (exact) mass is 314 g/mol. The van der Waals surface area contributed by atoms with Crippen LogP contribution in [0.15, 0.2) is 18.2 Å². The Labute approximate surface area is 128 Å². The van der Waals surface area contributed by atoms with Crippen LogP contribution < -0.4 is 14.8 Å². The Hall–Kier alpha value is -1.89. The number of methoxy groups -OCH3 is 1. The highest BCUT2D eigenvalue weighted by atomic mass is 19.3. The van der Waals surface area contributed by atoms with Gasteiger partial charge in [-0.25, -0.2) is 0 Å². The molecule has 5 nitrogen and oxygen atoms in total. The topological polar surface area (TPSA) is 50.8 Å². The summed E-state index contributed by atoms with van der Waals surface area (Å²) in [6.45, 7) is -1.60. The maximum absolute atomic E-state index is 12.5. The molecule has 7 heteroatoms. The van der Waals surface area contributed by atoms with Crippen molar-refractivity contribution < 1.29 is 23.0 Å². The predicted octanol–water partition coefficient (Wildman–Crippen LogP) is 2.12. The Morgan fingerprint density at radius 2 is 2.00 bits per heavy atom. The van der Waals surface area contributed by atoms with E-state index in [9.17, 15) is 13.6 Å². The molecule has 1 aliphatic rings. The second-order valence-corrected chi connectivity index (χ2v) is 5.10. The number of hydrogen-bond donors (Lipinski definition) is 1. The van der Waals surface area contributed by atoms with Crippen LogP contribution in [0, 0.1) is 0 Å². The van der Waals surface area contributed by atoms with Crippen LogP contribution in [0.4, 0.5) is 8.78 Å². The van der Waals surface area contributed by atoms with E-state index in [1.807, 2.05) is 7.05 Å². The quantitative estimate of drug-likeness (QED) is 0.904. The zero-order valence-electron chi connectivity index (χ0n) is 12.6. The van der Waals surface area contributed by atoms with Gasteiger partial charge in [0.25, 0.3) is 5.91 Å². The van der Waals surface area contributed by atoms with Crippen molar-refractivity contribution in [1.82, 2.24) is 10.2 Å². The summed E-state index contributed by atoms with van der Waals surface area (Å²) in [6.07, 6.45) is 1.79. The summed E-state index contributed by atoms with van der Waals surface area (Å²) in [5.41, 5.74) is 0.404. The Bertz CT molecular complexity index is 518. The van der Waals surface area contributed by atoms with Crippen molar-refractivity contribution >= 4 is 5.91 Å². The normalized spacial score (nSPS) is 16.0. The molecular weight excluding hydrogens is 294 g/mol. The number of nitrogens with zero attached hydrogens (tertiary/aromatic N) is 1. The van der Waals surface area contributed by atoms with Crippen LogP contribution in [0.25, 0.3) is 0 Å². The molecule has 1 amide bonds. The van der Waals surface area contributed by atoms with E-state index in [1.165, 1.54) is 25.3 Å². The number of ether oxygens (including phenoxy) is 2. The minimum Gasteiger partial charge on any atom is -0.493 e. The van der Waals surface area contributed by atoms with Crippen LogP contribution >= 0.6 is 0 Å². The van der Waals surface area contributed by atoms with Crippen LogP contribution in [0.5, 0.6) is 11.5 Å². The SMILES string of the molecule is CNC1CCN(C(=O)c2ccc(OC(F)F)c(OC)c2)CC1. The molecule has 1 fully saturated rings. The van der Waals surface area contributed by atoms with E-state index < -0.39 is 6.61 Å². The van der Waals surface area contributed by atoms with Gasteiger partial charge in [-0.2, -0.15) is 8.78 Å². The van der Waals surface area contributed by atoms with Gasteiger partial charge < -0.3 is 19.7 Å². The highest BCUT2D eigenvalue weighted by molar-refractivity contribution is 5.95. The summed E-state index contributed by atoms with van der Waals surface area (Å²) in [5.74, 6) is -0.0874. The second kappa shape index (κ2) is 7.40. The van der Waals surface area contributed by atoms with Gasteiger partial charge in [0.05, 0.1) is 7.11 Å². The number of carbonyl (C=O) groups excluding carboxylic acids is 1. The fraction of sp³-hybridized carbons (Fsp3) is 0.533. The van der Waals surface area contributed by atoms with E-state index in [0.29, 0.717) is 24.7 Å². The number of carbonyl (C=O) groups is 1. The van der Waals surface area contributed by atoms with Gasteiger partial charge in [-0.1, -0.05) is 0 Å². The molecule has 1 aromatic carbocycles. The first-order valence-corrected chi connectivity index (χ1v) is 7.14. The van der Waals surface area contributed by atoms with Crippen LogP contribution in [-0.2, 0) is 0 Å². The summed E-state index contributed by atoms with van der Waals surface area (Å²) in [5, 5.41) is 3.20. The molecule has 1 aromatic rings. The van der Waals surface area contributed by atoms with Gasteiger partial charge in [0, 0.05) is 24.7 Å². The van der Waals surface area contributed by atoms with Crippen molar-refractivity contribution in [3.8, 4) is 11.5 Å². The molecule has 0 saturated carbocycles. The summed E-state index contributed by atoms with van der Waals surface area (Å²) >= 11 is 0. The highest BCUT2D eigenvalue weighted by Gasteiger charge is 2.23. The summed E-state index contributed by atoms with van der Waals surface area (Å²) in [6, 6.07) is 4.68. The molecular formula is C15H20F2N2O3. The largest absolute Gasteiger partial charge is 0.493 e. The van der Waals surface area contributed by atoms with E-state index in [0.717, 1.165) is 12.8 Å². The minimum atomic E-state index is -2.93. The van der Waals surface area contributed by atoms with Crippen LogP contribution in [0.1, 0.15) is 23.2 Å². The van der Waals surface area contributed by atoms with Crippen molar-refractivity contribution in [2.45, 2.75) is 25.5 Å². The van der Waals surface area contributed by atoms with Crippen molar-refractivity contribution in [3.05, 3.63) is 23.8 Å². The van der Waals surface area contributed by atoms with Crippen molar-refractivity contribution in [2.75, 3.05) is 27.2 Å². The van der Waals surface area contributed by atoms with E-state index >= 15 is 0 Å². The van der Waals surface area contributed by atoms with E-state index in [2.05, 4.69) is 10.1 Å². The lowest BCUT2D eigenvalue weighted by Crippen LogP contribution is -2.43. The number of benzene rings is 1. The number of hydrogen-bond acceptors (Lipinski definition) is 4. The lowest BCUT2D eigenvalue weighted by atomic mass is 10.0. The molecule has 0 bridgehead atoms. The molecule has 1 aliphatic heterocycles. The number of amides is 1. The number of rotatable bonds is 5. The third kappa shape index (κ3) is 3.85. The number of halogens is 2. The maximum Gasteiger partial charge on any atom is 0.387 e. The predicted molar refractivity (Wildman–Crippen MR) is 77.6 cm³/mol. The third-order valence-electron chi connectivity index (χ3n) is 3.82. The van der Waals surface area contributed by atoms with Crippen molar-refractivity contribution in [3.63, 3.8) is 0 Å². The molecule has 0 unspecified atom stereocenters. The molecule has 0 aromatic heterocycles. The molecule has 2 rings (SSSR count). The van der Waals surface area contributed by atoms with Gasteiger partial charge in [-0.3, -0.25) is 4.79 Å². The van der Waals surface area contributed by atoms with Crippen LogP contribution in [-0.4, -0.2) is 50.7 Å². The van der Waals surface area contributed by atoms with Gasteiger partial charge >= 0.3 is 6.61 Å². The van der Waals surface area contributed by atoms with Gasteiger partial charge in [0.2, 0.25) is 0 Å². The molecule has 0 radical (unpaired) electrons. The Balaban J connectivity index is 2.10. The molecule has 0 aliphatic carbocycles. The van der Waals surface area contributed by atoms with E-state index in [1.54, 1.807) is 4.90 Å². The minimum absolute atomic E-state index is 0.0806.